The van der Waals surface area contributed by atoms with Crippen molar-refractivity contribution in [1.82, 2.24) is 30.2 Å². The van der Waals surface area contributed by atoms with Gasteiger partial charge < -0.3 is 14.4 Å². The minimum atomic E-state index is -4.42. The van der Waals surface area contributed by atoms with Crippen molar-refractivity contribution < 1.29 is 22.5 Å². The Morgan fingerprint density at radius 1 is 1.34 bits per heavy atom. The Kier molecular flexibility index (Phi) is 4.57. The molecule has 1 aromatic carbocycles. The number of benzene rings is 1. The van der Waals surface area contributed by atoms with Crippen molar-refractivity contribution in [3.8, 4) is 11.5 Å². The lowest BCUT2D eigenvalue weighted by Gasteiger charge is -2.11. The van der Waals surface area contributed by atoms with Crippen LogP contribution in [0.1, 0.15) is 21.8 Å². The van der Waals surface area contributed by atoms with Crippen molar-refractivity contribution >= 4 is 16.8 Å². The van der Waals surface area contributed by atoms with Gasteiger partial charge in [0.1, 0.15) is 6.54 Å². The van der Waals surface area contributed by atoms with Crippen LogP contribution in [-0.4, -0.2) is 37.0 Å². The maximum absolute atomic E-state index is 13.2. The number of amides is 1. The first-order valence-electron chi connectivity index (χ1n) is 8.57. The first-order valence-corrected chi connectivity index (χ1v) is 8.57. The summed E-state index contributed by atoms with van der Waals surface area (Å²) in [5.74, 6) is -0.324. The third-order valence-electron chi connectivity index (χ3n) is 4.36. The summed E-state index contributed by atoms with van der Waals surface area (Å²) < 4.78 is 45.7. The molecule has 3 aromatic heterocycles. The van der Waals surface area contributed by atoms with Gasteiger partial charge in [0.05, 0.1) is 24.0 Å². The molecule has 0 spiro atoms. The summed E-state index contributed by atoms with van der Waals surface area (Å²) in [5, 5.41) is 13.2. The van der Waals surface area contributed by atoms with Crippen LogP contribution in [0.2, 0.25) is 0 Å². The third kappa shape index (κ3) is 3.84. The largest absolute Gasteiger partial charge is 0.406 e. The van der Waals surface area contributed by atoms with Gasteiger partial charge in [-0.15, -0.1) is 0 Å². The van der Waals surface area contributed by atoms with E-state index in [2.05, 4.69) is 25.7 Å². The molecular weight excluding hydrogens is 389 g/mol. The fraction of sp³-hybridized carbons (Fsp3) is 0.222. The molecule has 0 radical (unpaired) electrons. The number of hydrogen-bond acceptors (Lipinski definition) is 5. The number of rotatable bonds is 5. The van der Waals surface area contributed by atoms with Crippen molar-refractivity contribution in [2.45, 2.75) is 26.2 Å². The minimum absolute atomic E-state index is 0.0115. The van der Waals surface area contributed by atoms with Crippen LogP contribution in [-0.2, 0) is 13.1 Å². The Labute approximate surface area is 161 Å². The molecule has 0 aliphatic carbocycles. The number of nitrogens with zero attached hydrogens (tertiary/aromatic N) is 4. The summed E-state index contributed by atoms with van der Waals surface area (Å²) in [4.78, 5) is 16.1. The average Bonchev–Trinajstić information content (AvgIpc) is 3.39. The Bertz CT molecular complexity index is 1160. The second-order valence-electron chi connectivity index (χ2n) is 6.42. The van der Waals surface area contributed by atoms with Crippen LogP contribution in [0, 0.1) is 6.92 Å². The number of aryl methyl sites for hydroxylation is 1. The number of fused-ring (bicyclic) bond motifs is 1. The highest BCUT2D eigenvalue weighted by molar-refractivity contribution is 5.93. The van der Waals surface area contributed by atoms with E-state index >= 15 is 0 Å². The van der Waals surface area contributed by atoms with Crippen LogP contribution in [0.15, 0.2) is 41.2 Å². The highest BCUT2D eigenvalue weighted by atomic mass is 19.4. The molecule has 1 amide bonds. The maximum Gasteiger partial charge on any atom is 0.406 e. The van der Waals surface area contributed by atoms with E-state index in [-0.39, 0.29) is 24.0 Å². The zero-order chi connectivity index (χ0) is 20.6. The van der Waals surface area contributed by atoms with Crippen molar-refractivity contribution in [3.63, 3.8) is 0 Å². The zero-order valence-corrected chi connectivity index (χ0v) is 15.1. The standard InChI is InChI=1S/C18H15F3N6O2/c1-10-3-2-4-13-12(10)5-14(27(13)9-18(19,20)21)16-25-15(29-26-16)8-22-17(28)11-6-23-24-7-11/h2-7H,8-9H2,1H3,(H,22,28)(H,23,24). The van der Waals surface area contributed by atoms with Crippen molar-refractivity contribution in [1.29, 1.82) is 0 Å². The van der Waals surface area contributed by atoms with Gasteiger partial charge in [-0.3, -0.25) is 9.89 Å². The Morgan fingerprint density at radius 2 is 2.17 bits per heavy atom. The molecule has 0 aliphatic heterocycles. The molecule has 0 aliphatic rings. The quantitative estimate of drug-likeness (QED) is 0.532. The number of carbonyl (C=O) groups excluding carboxylic acids is 1. The van der Waals surface area contributed by atoms with Gasteiger partial charge in [-0.25, -0.2) is 0 Å². The van der Waals surface area contributed by atoms with E-state index in [0.717, 1.165) is 10.1 Å². The molecule has 4 aromatic rings. The number of nitrogens with one attached hydrogen (secondary N) is 2. The lowest BCUT2D eigenvalue weighted by Crippen LogP contribution is -2.22. The smallest absolute Gasteiger partial charge is 0.343 e. The van der Waals surface area contributed by atoms with Gasteiger partial charge in [0.2, 0.25) is 11.7 Å². The van der Waals surface area contributed by atoms with Gasteiger partial charge in [0.15, 0.2) is 0 Å². The number of halogens is 3. The molecule has 0 saturated carbocycles. The highest BCUT2D eigenvalue weighted by Crippen LogP contribution is 2.31. The maximum atomic E-state index is 13.2. The molecule has 11 heteroatoms. The first-order chi connectivity index (χ1) is 13.8. The first kappa shape index (κ1) is 18.7. The summed E-state index contributed by atoms with van der Waals surface area (Å²) in [7, 11) is 0. The molecule has 3 heterocycles. The summed E-state index contributed by atoms with van der Waals surface area (Å²) >= 11 is 0. The third-order valence-corrected chi connectivity index (χ3v) is 4.36. The molecular formula is C18H15F3N6O2. The van der Waals surface area contributed by atoms with E-state index in [1.165, 1.54) is 12.4 Å². The second kappa shape index (κ2) is 7.08. The Balaban J connectivity index is 1.64. The lowest BCUT2D eigenvalue weighted by atomic mass is 10.1. The van der Waals surface area contributed by atoms with Gasteiger partial charge in [-0.2, -0.15) is 23.3 Å². The number of carbonyl (C=O) groups is 1. The van der Waals surface area contributed by atoms with E-state index in [1.54, 1.807) is 18.2 Å². The van der Waals surface area contributed by atoms with E-state index in [4.69, 9.17) is 4.52 Å². The monoisotopic (exact) mass is 404 g/mol. The second-order valence-corrected chi connectivity index (χ2v) is 6.42. The topological polar surface area (TPSA) is 102 Å². The van der Waals surface area contributed by atoms with Gasteiger partial charge in [0, 0.05) is 17.1 Å². The molecule has 2 N–H and O–H groups in total. The van der Waals surface area contributed by atoms with Gasteiger partial charge >= 0.3 is 6.18 Å². The SMILES string of the molecule is Cc1cccc2c1cc(-c1noc(CNC(=O)c3cn[nH]c3)n1)n2CC(F)(F)F. The van der Waals surface area contributed by atoms with Crippen LogP contribution in [0.5, 0.6) is 0 Å². The summed E-state index contributed by atoms with van der Waals surface area (Å²) in [6.07, 6.45) is -1.64. The lowest BCUT2D eigenvalue weighted by molar-refractivity contribution is -0.139. The summed E-state index contributed by atoms with van der Waals surface area (Å²) in [6, 6.07) is 6.73. The fourth-order valence-electron chi connectivity index (χ4n) is 3.03. The van der Waals surface area contributed by atoms with Crippen LogP contribution in [0.25, 0.3) is 22.4 Å². The normalized spacial score (nSPS) is 11.9. The summed E-state index contributed by atoms with van der Waals surface area (Å²) in [5.41, 5.74) is 1.77. The van der Waals surface area contributed by atoms with Gasteiger partial charge in [-0.05, 0) is 24.6 Å². The number of hydrogen-bond donors (Lipinski definition) is 2. The van der Waals surface area contributed by atoms with Crippen molar-refractivity contribution in [2.24, 2.45) is 0 Å². The van der Waals surface area contributed by atoms with E-state index in [0.29, 0.717) is 16.5 Å². The van der Waals surface area contributed by atoms with E-state index < -0.39 is 18.6 Å². The molecule has 150 valence electrons. The molecule has 29 heavy (non-hydrogen) atoms. The zero-order valence-electron chi connectivity index (χ0n) is 15.1. The molecule has 0 unspecified atom stereocenters. The molecule has 0 saturated heterocycles. The van der Waals surface area contributed by atoms with Gasteiger partial charge in [0.25, 0.3) is 5.91 Å². The number of aromatic nitrogens is 5. The van der Waals surface area contributed by atoms with Crippen LogP contribution in [0.3, 0.4) is 0 Å². The highest BCUT2D eigenvalue weighted by Gasteiger charge is 2.31. The number of alkyl halides is 3. The average molecular weight is 404 g/mol. The van der Waals surface area contributed by atoms with Gasteiger partial charge in [-0.1, -0.05) is 17.3 Å². The van der Waals surface area contributed by atoms with Crippen molar-refractivity contribution in [2.75, 3.05) is 0 Å². The van der Waals surface area contributed by atoms with Crippen molar-refractivity contribution in [3.05, 3.63) is 53.7 Å². The predicted molar refractivity (Wildman–Crippen MR) is 95.8 cm³/mol. The molecule has 0 atom stereocenters. The molecule has 4 rings (SSSR count). The molecule has 0 fully saturated rings. The molecule has 0 bridgehead atoms. The number of aromatic amines is 1. The predicted octanol–water partition coefficient (Wildman–Crippen LogP) is 3.22. The van der Waals surface area contributed by atoms with E-state index in [1.807, 2.05) is 13.0 Å². The minimum Gasteiger partial charge on any atom is -0.343 e. The summed E-state index contributed by atoms with van der Waals surface area (Å²) in [6.45, 7) is 0.559. The molecule has 8 nitrogen and oxygen atoms in total. The fourth-order valence-corrected chi connectivity index (χ4v) is 3.03. The van der Waals surface area contributed by atoms with Crippen LogP contribution < -0.4 is 5.32 Å². The van der Waals surface area contributed by atoms with E-state index in [9.17, 15) is 18.0 Å². The number of H-pyrrole nitrogens is 1. The Morgan fingerprint density at radius 3 is 2.90 bits per heavy atom. The Hall–Kier alpha value is -3.63. The van der Waals surface area contributed by atoms with Crippen LogP contribution >= 0.6 is 0 Å². The van der Waals surface area contributed by atoms with Crippen LogP contribution in [0.4, 0.5) is 13.2 Å².